The molecule has 1 spiro atoms. The van der Waals surface area contributed by atoms with Crippen molar-refractivity contribution in [2.75, 3.05) is 13.1 Å². The highest BCUT2D eigenvalue weighted by molar-refractivity contribution is 5.77. The van der Waals surface area contributed by atoms with Gasteiger partial charge in [0, 0.05) is 37.8 Å². The number of pyridine rings is 1. The number of carbonyl (C=O) groups excluding carboxylic acids is 2. The Bertz CT molecular complexity index is 945. The molecule has 2 amide bonds. The van der Waals surface area contributed by atoms with Crippen molar-refractivity contribution in [3.05, 3.63) is 70.6 Å². The average molecular weight is 408 g/mol. The van der Waals surface area contributed by atoms with E-state index in [0.29, 0.717) is 19.5 Å². The van der Waals surface area contributed by atoms with Crippen LogP contribution in [-0.2, 0) is 22.6 Å². The van der Waals surface area contributed by atoms with E-state index in [-0.39, 0.29) is 35.4 Å². The van der Waals surface area contributed by atoms with E-state index in [0.717, 1.165) is 32.1 Å². The van der Waals surface area contributed by atoms with Crippen molar-refractivity contribution in [2.24, 2.45) is 5.41 Å². The molecule has 1 atom stereocenters. The number of aromatic nitrogens is 1. The maximum Gasteiger partial charge on any atom is 0.250 e. The summed E-state index contributed by atoms with van der Waals surface area (Å²) < 4.78 is 1.45. The lowest BCUT2D eigenvalue weighted by Gasteiger charge is -2.54. The Kier molecular flexibility index (Phi) is 6.02. The van der Waals surface area contributed by atoms with Crippen molar-refractivity contribution in [2.45, 2.75) is 51.1 Å². The average Bonchev–Trinajstić information content (AvgIpc) is 2.77. The van der Waals surface area contributed by atoms with Gasteiger partial charge in [0.2, 0.25) is 11.8 Å². The fourth-order valence-corrected chi connectivity index (χ4v) is 4.73. The number of hydrogen-bond donors (Lipinski definition) is 1. The van der Waals surface area contributed by atoms with Crippen LogP contribution in [0.1, 0.15) is 37.7 Å². The van der Waals surface area contributed by atoms with Gasteiger partial charge < -0.3 is 14.8 Å². The zero-order chi connectivity index (χ0) is 21.0. The van der Waals surface area contributed by atoms with Gasteiger partial charge in [-0.2, -0.15) is 0 Å². The molecule has 2 aliphatic rings. The minimum absolute atomic E-state index is 0.0130. The summed E-state index contributed by atoms with van der Waals surface area (Å²) in [4.78, 5) is 38.8. The number of aryl methyl sites for hydroxylation is 1. The van der Waals surface area contributed by atoms with Gasteiger partial charge in [-0.1, -0.05) is 36.4 Å². The van der Waals surface area contributed by atoms with E-state index in [1.807, 2.05) is 35.2 Å². The van der Waals surface area contributed by atoms with Crippen LogP contribution in [0.3, 0.4) is 0 Å². The van der Waals surface area contributed by atoms with Crippen LogP contribution in [0.5, 0.6) is 0 Å². The first-order valence-corrected chi connectivity index (χ1v) is 10.8. The number of hydrogen-bond acceptors (Lipinski definition) is 3. The van der Waals surface area contributed by atoms with Crippen LogP contribution in [0.2, 0.25) is 0 Å². The summed E-state index contributed by atoms with van der Waals surface area (Å²) in [5.74, 6) is 0.103. The molecular weight excluding hydrogens is 378 g/mol. The van der Waals surface area contributed by atoms with E-state index in [1.165, 1.54) is 16.2 Å². The van der Waals surface area contributed by atoms with Crippen molar-refractivity contribution in [1.82, 2.24) is 14.8 Å². The molecule has 2 fully saturated rings. The Morgan fingerprint density at radius 1 is 1.00 bits per heavy atom. The molecule has 0 radical (unpaired) electrons. The molecule has 2 aromatic rings. The van der Waals surface area contributed by atoms with Gasteiger partial charge in [-0.15, -0.1) is 0 Å². The molecule has 1 N–H and O–H groups in total. The van der Waals surface area contributed by atoms with E-state index >= 15 is 0 Å². The maximum atomic E-state index is 12.6. The van der Waals surface area contributed by atoms with Crippen LogP contribution in [0.15, 0.2) is 59.5 Å². The van der Waals surface area contributed by atoms with Crippen molar-refractivity contribution < 1.29 is 9.59 Å². The Morgan fingerprint density at radius 3 is 2.40 bits per heavy atom. The van der Waals surface area contributed by atoms with E-state index in [2.05, 4.69) is 5.32 Å². The molecule has 1 aliphatic heterocycles. The molecule has 2 heterocycles. The Labute approximate surface area is 176 Å². The number of carbonyl (C=O) groups is 2. The van der Waals surface area contributed by atoms with Gasteiger partial charge in [-0.3, -0.25) is 14.4 Å². The Balaban J connectivity index is 1.25. The molecule has 30 heavy (non-hydrogen) atoms. The van der Waals surface area contributed by atoms with E-state index in [1.54, 1.807) is 18.3 Å². The van der Waals surface area contributed by atoms with E-state index < -0.39 is 0 Å². The summed E-state index contributed by atoms with van der Waals surface area (Å²) in [7, 11) is 0. The minimum atomic E-state index is -0.156. The Hall–Kier alpha value is -2.89. The molecular formula is C24H29N3O3. The number of likely N-dealkylation sites (tertiary alicyclic amines) is 1. The number of nitrogens with zero attached hydrogens (tertiary/aromatic N) is 2. The molecule has 1 saturated carbocycles. The fraction of sp³-hybridized carbons (Fsp3) is 0.458. The summed E-state index contributed by atoms with van der Waals surface area (Å²) in [6.45, 7) is 1.47. The highest BCUT2D eigenvalue weighted by Gasteiger charge is 2.49. The van der Waals surface area contributed by atoms with Crippen LogP contribution in [0.25, 0.3) is 0 Å². The third kappa shape index (κ3) is 4.48. The van der Waals surface area contributed by atoms with Crippen LogP contribution in [-0.4, -0.2) is 40.4 Å². The van der Waals surface area contributed by atoms with Crippen molar-refractivity contribution in [1.29, 1.82) is 0 Å². The lowest BCUT2D eigenvalue weighted by Crippen LogP contribution is -2.59. The normalized spacial score (nSPS) is 19.9. The third-order valence-corrected chi connectivity index (χ3v) is 6.81. The van der Waals surface area contributed by atoms with Crippen molar-refractivity contribution >= 4 is 11.8 Å². The van der Waals surface area contributed by atoms with E-state index in [4.69, 9.17) is 0 Å². The first kappa shape index (κ1) is 20.4. The molecule has 1 aliphatic carbocycles. The number of benzene rings is 1. The summed E-state index contributed by atoms with van der Waals surface area (Å²) in [6.07, 6.45) is 6.86. The number of piperidine rings is 1. The predicted octanol–water partition coefficient (Wildman–Crippen LogP) is 2.37. The smallest absolute Gasteiger partial charge is 0.250 e. The zero-order valence-electron chi connectivity index (χ0n) is 17.3. The first-order chi connectivity index (χ1) is 14.6. The fourth-order valence-electron chi connectivity index (χ4n) is 4.73. The minimum Gasteiger partial charge on any atom is -0.353 e. The quantitative estimate of drug-likeness (QED) is 0.799. The predicted molar refractivity (Wildman–Crippen MR) is 115 cm³/mol. The second-order valence-electron chi connectivity index (χ2n) is 8.55. The van der Waals surface area contributed by atoms with E-state index in [9.17, 15) is 14.4 Å². The van der Waals surface area contributed by atoms with Gasteiger partial charge in [0.25, 0.3) is 5.56 Å². The van der Waals surface area contributed by atoms with Gasteiger partial charge in [-0.05, 0) is 49.1 Å². The monoisotopic (exact) mass is 407 g/mol. The summed E-state index contributed by atoms with van der Waals surface area (Å²) in [6, 6.07) is 15.2. The van der Waals surface area contributed by atoms with Gasteiger partial charge in [0.05, 0.1) is 0 Å². The first-order valence-electron chi connectivity index (χ1n) is 10.8. The molecule has 6 heteroatoms. The molecule has 4 rings (SSSR count). The maximum absolute atomic E-state index is 12.6. The van der Waals surface area contributed by atoms with Gasteiger partial charge in [0.15, 0.2) is 0 Å². The van der Waals surface area contributed by atoms with Crippen molar-refractivity contribution in [3.8, 4) is 0 Å². The standard InChI is InChI=1S/C24H29N3O3/c28-21(10-9-19-6-2-1-3-7-19)25-20-11-12-24(20)13-16-26(17-14-24)23(30)18-27-15-5-4-8-22(27)29/h1-8,15,20H,9-14,16-18H2,(H,25,28). The lowest BCUT2D eigenvalue weighted by atomic mass is 9.59. The molecule has 6 nitrogen and oxygen atoms in total. The summed E-state index contributed by atoms with van der Waals surface area (Å²) in [5, 5.41) is 3.25. The summed E-state index contributed by atoms with van der Waals surface area (Å²) in [5.41, 5.74) is 1.15. The third-order valence-electron chi connectivity index (χ3n) is 6.81. The van der Waals surface area contributed by atoms with Crippen LogP contribution < -0.4 is 10.9 Å². The summed E-state index contributed by atoms with van der Waals surface area (Å²) >= 11 is 0. The van der Waals surface area contributed by atoms with Gasteiger partial charge in [0.1, 0.15) is 6.54 Å². The van der Waals surface area contributed by atoms with Crippen LogP contribution >= 0.6 is 0 Å². The second-order valence-corrected chi connectivity index (χ2v) is 8.55. The number of nitrogens with one attached hydrogen (secondary N) is 1. The lowest BCUT2D eigenvalue weighted by molar-refractivity contribution is -0.137. The number of amides is 2. The van der Waals surface area contributed by atoms with Crippen molar-refractivity contribution in [3.63, 3.8) is 0 Å². The molecule has 1 aromatic carbocycles. The zero-order valence-corrected chi connectivity index (χ0v) is 17.3. The number of rotatable bonds is 6. The van der Waals surface area contributed by atoms with Crippen LogP contribution in [0.4, 0.5) is 0 Å². The Morgan fingerprint density at radius 2 is 1.73 bits per heavy atom. The second kappa shape index (κ2) is 8.86. The molecule has 1 aromatic heterocycles. The van der Waals surface area contributed by atoms with Crippen LogP contribution in [0, 0.1) is 5.41 Å². The largest absolute Gasteiger partial charge is 0.353 e. The SMILES string of the molecule is O=C(CCc1ccccc1)NC1CCC12CCN(C(=O)Cn1ccccc1=O)CC2. The molecule has 1 saturated heterocycles. The van der Waals surface area contributed by atoms with Gasteiger partial charge in [-0.25, -0.2) is 0 Å². The highest BCUT2D eigenvalue weighted by atomic mass is 16.2. The van der Waals surface area contributed by atoms with Gasteiger partial charge >= 0.3 is 0 Å². The molecule has 0 bridgehead atoms. The molecule has 1 unspecified atom stereocenters. The topological polar surface area (TPSA) is 71.4 Å². The molecule has 158 valence electrons. The highest BCUT2D eigenvalue weighted by Crippen LogP contribution is 2.49.